The minimum atomic E-state index is -0.315. The van der Waals surface area contributed by atoms with E-state index in [0.717, 1.165) is 15.3 Å². The first kappa shape index (κ1) is 11.6. The molecule has 0 amide bonds. The highest BCUT2D eigenvalue weighted by Crippen LogP contribution is 2.17. The molecule has 5 nitrogen and oxygen atoms in total. The largest absolute Gasteiger partial charge is 0.508 e. The van der Waals surface area contributed by atoms with Crippen LogP contribution in [0.1, 0.15) is 0 Å². The van der Waals surface area contributed by atoms with Gasteiger partial charge in [-0.25, -0.2) is 0 Å². The molecule has 0 N–H and O–H groups in total. The van der Waals surface area contributed by atoms with E-state index in [-0.39, 0.29) is 14.2 Å². The topological polar surface area (TPSA) is 46.2 Å². The number of rotatable bonds is 3. The lowest BCUT2D eigenvalue weighted by Crippen LogP contribution is -2.32. The highest BCUT2D eigenvalue weighted by molar-refractivity contribution is 7.30. The van der Waals surface area contributed by atoms with Gasteiger partial charge < -0.3 is 23.4 Å². The van der Waals surface area contributed by atoms with Crippen LogP contribution in [0.25, 0.3) is 0 Å². The van der Waals surface area contributed by atoms with Crippen LogP contribution in [0.3, 0.4) is 0 Å². The second-order valence-electron chi connectivity index (χ2n) is 3.73. The molecule has 0 unspecified atom stereocenters. The summed E-state index contributed by atoms with van der Waals surface area (Å²) in [4.78, 5) is 0. The predicted molar refractivity (Wildman–Crippen MR) is 65.5 cm³/mol. The van der Waals surface area contributed by atoms with Crippen LogP contribution in [-0.2, 0) is 18.6 Å². The van der Waals surface area contributed by atoms with Gasteiger partial charge in [0.25, 0.3) is 0 Å². The van der Waals surface area contributed by atoms with Gasteiger partial charge >= 0.3 is 14.2 Å². The van der Waals surface area contributed by atoms with Crippen LogP contribution in [0.2, 0.25) is 0 Å². The lowest BCUT2D eigenvalue weighted by Gasteiger charge is -2.03. The number of ether oxygens (including phenoxy) is 1. The third-order valence-corrected chi connectivity index (χ3v) is 3.81. The molecule has 1 aromatic rings. The lowest BCUT2D eigenvalue weighted by atomic mass is 9.85. The summed E-state index contributed by atoms with van der Waals surface area (Å²) < 4.78 is 29.2. The third-order valence-electron chi connectivity index (χ3n) is 2.65. The highest BCUT2D eigenvalue weighted by atomic mass is 32.1. The summed E-state index contributed by atoms with van der Waals surface area (Å²) in [6, 6.07) is 1.93. The van der Waals surface area contributed by atoms with E-state index in [1.165, 1.54) is 0 Å². The van der Waals surface area contributed by atoms with Gasteiger partial charge in [-0.1, -0.05) is 0 Å². The summed E-state index contributed by atoms with van der Waals surface area (Å²) >= 11 is 1.55. The fourth-order valence-corrected chi connectivity index (χ4v) is 3.01. The summed E-state index contributed by atoms with van der Waals surface area (Å²) in [5.41, 5.74) is 0. The van der Waals surface area contributed by atoms with Gasteiger partial charge in [0.1, 0.15) is 5.75 Å². The van der Waals surface area contributed by atoms with Crippen molar-refractivity contribution in [3.05, 3.63) is 6.07 Å². The van der Waals surface area contributed by atoms with E-state index in [1.807, 2.05) is 6.07 Å². The summed E-state index contributed by atoms with van der Waals surface area (Å²) in [5.74, 6) is 0.774. The third kappa shape index (κ3) is 2.23. The van der Waals surface area contributed by atoms with E-state index in [1.54, 1.807) is 18.4 Å². The Hall–Kier alpha value is -0.530. The zero-order chi connectivity index (χ0) is 11.7. The quantitative estimate of drug-likeness (QED) is 0.663. The maximum absolute atomic E-state index is 5.48. The Morgan fingerprint density at radius 2 is 1.65 bits per heavy atom. The normalized spacial score (nSPS) is 20.3. The zero-order valence-electron chi connectivity index (χ0n) is 9.51. The second kappa shape index (κ2) is 4.99. The molecule has 0 atom stereocenters. The van der Waals surface area contributed by atoms with Crippen molar-refractivity contribution < 1.29 is 23.4 Å². The molecule has 2 aliphatic rings. The Labute approximate surface area is 104 Å². The van der Waals surface area contributed by atoms with E-state index < -0.39 is 0 Å². The average Bonchev–Trinajstić information content (AvgIpc) is 3.09. The first-order valence-corrected chi connectivity index (χ1v) is 6.34. The van der Waals surface area contributed by atoms with Gasteiger partial charge in [-0.3, -0.25) is 0 Å². The molecular formula is C9H12B2O5S. The molecule has 2 fully saturated rings. The van der Waals surface area contributed by atoms with Crippen LogP contribution in [-0.4, -0.2) is 47.8 Å². The summed E-state index contributed by atoms with van der Waals surface area (Å²) in [6.45, 7) is 2.52. The predicted octanol–water partition coefficient (Wildman–Crippen LogP) is -0.759. The van der Waals surface area contributed by atoms with Crippen molar-refractivity contribution in [2.24, 2.45) is 0 Å². The number of hydrogen-bond donors (Lipinski definition) is 0. The standard InChI is InChI=1S/C9H12B2O5S/c1-12-7-6-8(10-13-2-3-14-10)17-9(7)11-15-4-5-16-11/h6H,2-5H2,1H3. The molecule has 0 bridgehead atoms. The van der Waals surface area contributed by atoms with Gasteiger partial charge in [-0.2, -0.15) is 0 Å². The minimum Gasteiger partial charge on any atom is -0.496 e. The molecular weight excluding hydrogens is 242 g/mol. The Bertz CT molecular complexity index is 387. The van der Waals surface area contributed by atoms with Crippen molar-refractivity contribution in [2.45, 2.75) is 0 Å². The molecule has 0 radical (unpaired) electrons. The molecule has 0 saturated carbocycles. The van der Waals surface area contributed by atoms with E-state index >= 15 is 0 Å². The molecule has 2 aliphatic heterocycles. The summed E-state index contributed by atoms with van der Waals surface area (Å²) in [7, 11) is 1.05. The van der Waals surface area contributed by atoms with Crippen LogP contribution in [0.15, 0.2) is 6.07 Å². The molecule has 3 heterocycles. The molecule has 8 heteroatoms. The Balaban J connectivity index is 1.85. The SMILES string of the molecule is COc1cc(B2OCCO2)sc1B1OCCO1. The van der Waals surface area contributed by atoms with Crippen LogP contribution in [0, 0.1) is 0 Å². The van der Waals surface area contributed by atoms with Crippen molar-refractivity contribution >= 4 is 35.1 Å². The minimum absolute atomic E-state index is 0.274. The van der Waals surface area contributed by atoms with E-state index in [2.05, 4.69) is 0 Å². The number of thiophene rings is 1. The summed E-state index contributed by atoms with van der Waals surface area (Å²) in [5, 5.41) is 0. The fourth-order valence-electron chi connectivity index (χ4n) is 1.88. The van der Waals surface area contributed by atoms with Crippen molar-refractivity contribution in [3.8, 4) is 5.75 Å². The maximum atomic E-state index is 5.48. The number of hydrogen-bond acceptors (Lipinski definition) is 6. The maximum Gasteiger partial charge on any atom is 0.508 e. The zero-order valence-corrected chi connectivity index (χ0v) is 10.3. The monoisotopic (exact) mass is 254 g/mol. The molecule has 1 aromatic heterocycles. The lowest BCUT2D eigenvalue weighted by molar-refractivity contribution is 0.365. The fraction of sp³-hybridized carbons (Fsp3) is 0.556. The van der Waals surface area contributed by atoms with Crippen molar-refractivity contribution in [3.63, 3.8) is 0 Å². The van der Waals surface area contributed by atoms with Crippen molar-refractivity contribution in [2.75, 3.05) is 33.5 Å². The highest BCUT2D eigenvalue weighted by Gasteiger charge is 2.36. The first-order valence-electron chi connectivity index (χ1n) is 5.52. The average molecular weight is 254 g/mol. The Kier molecular flexibility index (Phi) is 3.39. The Morgan fingerprint density at radius 3 is 2.24 bits per heavy atom. The first-order chi connectivity index (χ1) is 8.38. The van der Waals surface area contributed by atoms with Crippen LogP contribution in [0.5, 0.6) is 5.75 Å². The van der Waals surface area contributed by atoms with Crippen molar-refractivity contribution in [1.82, 2.24) is 0 Å². The molecule has 0 aromatic carbocycles. The second-order valence-corrected chi connectivity index (χ2v) is 4.84. The van der Waals surface area contributed by atoms with Gasteiger partial charge in [-0.15, -0.1) is 11.3 Å². The molecule has 0 spiro atoms. The van der Waals surface area contributed by atoms with Crippen LogP contribution >= 0.6 is 11.3 Å². The van der Waals surface area contributed by atoms with Crippen molar-refractivity contribution in [1.29, 1.82) is 0 Å². The van der Waals surface area contributed by atoms with Gasteiger partial charge in [0.15, 0.2) is 0 Å². The molecule has 0 aliphatic carbocycles. The molecule has 90 valence electrons. The molecule has 17 heavy (non-hydrogen) atoms. The molecule has 2 saturated heterocycles. The van der Waals surface area contributed by atoms with Gasteiger partial charge in [0.2, 0.25) is 0 Å². The Morgan fingerprint density at radius 1 is 1.06 bits per heavy atom. The van der Waals surface area contributed by atoms with Gasteiger partial charge in [-0.05, 0) is 6.07 Å². The van der Waals surface area contributed by atoms with Gasteiger partial charge in [0.05, 0.1) is 38.3 Å². The van der Waals surface area contributed by atoms with Gasteiger partial charge in [0, 0.05) is 4.78 Å². The van der Waals surface area contributed by atoms with E-state index in [0.29, 0.717) is 26.4 Å². The summed E-state index contributed by atoms with van der Waals surface area (Å²) in [6.07, 6.45) is 0. The van der Waals surface area contributed by atoms with E-state index in [4.69, 9.17) is 23.4 Å². The molecule has 3 rings (SSSR count). The van der Waals surface area contributed by atoms with E-state index in [9.17, 15) is 0 Å². The smallest absolute Gasteiger partial charge is 0.496 e. The van der Waals surface area contributed by atoms with Crippen LogP contribution < -0.4 is 14.3 Å². The number of methoxy groups -OCH3 is 1. The van der Waals surface area contributed by atoms with Crippen LogP contribution in [0.4, 0.5) is 0 Å².